The highest BCUT2D eigenvalue weighted by Gasteiger charge is 2.08. The molecule has 0 aliphatic carbocycles. The standard InChI is InChI=1S/C13H18ClN3/c1-9(2)4-3-7-17-12-8-10(14)5-6-11(12)16-13(17)15/h5-6,8-9H,3-4,7H2,1-2H3,(H2,15,16). The Morgan fingerprint density at radius 1 is 1.41 bits per heavy atom. The normalized spacial score (nSPS) is 11.5. The quantitative estimate of drug-likeness (QED) is 0.900. The van der Waals surface area contributed by atoms with Crippen molar-refractivity contribution in [3.05, 3.63) is 23.2 Å². The molecule has 0 radical (unpaired) electrons. The topological polar surface area (TPSA) is 43.8 Å². The second kappa shape index (κ2) is 4.96. The third-order valence-corrected chi connectivity index (χ3v) is 3.14. The van der Waals surface area contributed by atoms with Crippen LogP contribution in [0.1, 0.15) is 26.7 Å². The van der Waals surface area contributed by atoms with Gasteiger partial charge in [-0.3, -0.25) is 0 Å². The Morgan fingerprint density at radius 2 is 2.18 bits per heavy atom. The van der Waals surface area contributed by atoms with Crippen LogP contribution in [0.25, 0.3) is 11.0 Å². The highest BCUT2D eigenvalue weighted by atomic mass is 35.5. The zero-order chi connectivity index (χ0) is 12.4. The average Bonchev–Trinajstić information content (AvgIpc) is 2.55. The molecule has 0 atom stereocenters. The molecule has 3 nitrogen and oxygen atoms in total. The van der Waals surface area contributed by atoms with E-state index in [-0.39, 0.29) is 0 Å². The Morgan fingerprint density at radius 3 is 2.88 bits per heavy atom. The summed E-state index contributed by atoms with van der Waals surface area (Å²) >= 11 is 6.00. The van der Waals surface area contributed by atoms with Crippen molar-refractivity contribution in [2.24, 2.45) is 5.92 Å². The van der Waals surface area contributed by atoms with Crippen LogP contribution in [-0.4, -0.2) is 9.55 Å². The lowest BCUT2D eigenvalue weighted by Crippen LogP contribution is -2.04. The minimum Gasteiger partial charge on any atom is -0.369 e. The SMILES string of the molecule is CC(C)CCCn1c(N)nc2ccc(Cl)cc21. The third-order valence-electron chi connectivity index (χ3n) is 2.90. The molecular weight excluding hydrogens is 234 g/mol. The Balaban J connectivity index is 2.26. The van der Waals surface area contributed by atoms with Gasteiger partial charge in [-0.2, -0.15) is 0 Å². The first-order valence-corrected chi connectivity index (χ1v) is 6.37. The lowest BCUT2D eigenvalue weighted by molar-refractivity contribution is 0.519. The largest absolute Gasteiger partial charge is 0.369 e. The summed E-state index contributed by atoms with van der Waals surface area (Å²) in [6, 6.07) is 5.68. The molecule has 0 aliphatic heterocycles. The van der Waals surface area contributed by atoms with E-state index in [0.29, 0.717) is 5.95 Å². The lowest BCUT2D eigenvalue weighted by atomic mass is 10.1. The highest BCUT2D eigenvalue weighted by molar-refractivity contribution is 6.31. The molecule has 4 heteroatoms. The van der Waals surface area contributed by atoms with E-state index in [4.69, 9.17) is 17.3 Å². The monoisotopic (exact) mass is 251 g/mol. The van der Waals surface area contributed by atoms with Gasteiger partial charge in [-0.25, -0.2) is 4.98 Å². The van der Waals surface area contributed by atoms with Gasteiger partial charge in [-0.05, 0) is 37.0 Å². The van der Waals surface area contributed by atoms with E-state index in [9.17, 15) is 0 Å². The van der Waals surface area contributed by atoms with E-state index < -0.39 is 0 Å². The summed E-state index contributed by atoms with van der Waals surface area (Å²) in [5, 5.41) is 0.725. The number of nitrogen functional groups attached to an aromatic ring is 1. The first kappa shape index (κ1) is 12.2. The van der Waals surface area contributed by atoms with Crippen LogP contribution in [0, 0.1) is 5.92 Å². The van der Waals surface area contributed by atoms with E-state index in [1.807, 2.05) is 22.8 Å². The van der Waals surface area contributed by atoms with Crippen molar-refractivity contribution in [3.63, 3.8) is 0 Å². The number of nitrogens with zero attached hydrogens (tertiary/aromatic N) is 2. The van der Waals surface area contributed by atoms with E-state index in [0.717, 1.165) is 34.9 Å². The molecule has 0 aliphatic rings. The van der Waals surface area contributed by atoms with E-state index >= 15 is 0 Å². The average molecular weight is 252 g/mol. The molecule has 1 heterocycles. The maximum atomic E-state index is 6.00. The predicted octanol–water partition coefficient (Wildman–Crippen LogP) is 3.71. The van der Waals surface area contributed by atoms with Crippen molar-refractivity contribution in [3.8, 4) is 0 Å². The summed E-state index contributed by atoms with van der Waals surface area (Å²) in [6.45, 7) is 5.36. The van der Waals surface area contributed by atoms with Crippen molar-refractivity contribution in [1.82, 2.24) is 9.55 Å². The molecule has 0 fully saturated rings. The number of imidazole rings is 1. The summed E-state index contributed by atoms with van der Waals surface area (Å²) in [4.78, 5) is 4.33. The first-order chi connectivity index (χ1) is 8.08. The second-order valence-corrected chi connectivity index (χ2v) is 5.23. The van der Waals surface area contributed by atoms with Crippen LogP contribution in [0.4, 0.5) is 5.95 Å². The maximum absolute atomic E-state index is 6.00. The molecule has 2 N–H and O–H groups in total. The molecule has 0 saturated carbocycles. The molecule has 0 saturated heterocycles. The Kier molecular flexibility index (Phi) is 3.57. The number of halogens is 1. The van der Waals surface area contributed by atoms with Gasteiger partial charge in [0, 0.05) is 11.6 Å². The number of fused-ring (bicyclic) bond motifs is 1. The Bertz CT molecular complexity index is 517. The summed E-state index contributed by atoms with van der Waals surface area (Å²) in [5.41, 5.74) is 7.87. The fraction of sp³-hybridized carbons (Fsp3) is 0.462. The molecule has 92 valence electrons. The molecule has 17 heavy (non-hydrogen) atoms. The minimum atomic E-state index is 0.575. The predicted molar refractivity (Wildman–Crippen MR) is 73.2 cm³/mol. The van der Waals surface area contributed by atoms with E-state index in [1.54, 1.807) is 0 Å². The Hall–Kier alpha value is -1.22. The third kappa shape index (κ3) is 2.72. The number of aryl methyl sites for hydroxylation is 1. The number of hydrogen-bond acceptors (Lipinski definition) is 2. The zero-order valence-electron chi connectivity index (χ0n) is 10.3. The minimum absolute atomic E-state index is 0.575. The maximum Gasteiger partial charge on any atom is 0.201 e. The van der Waals surface area contributed by atoms with E-state index in [2.05, 4.69) is 18.8 Å². The van der Waals surface area contributed by atoms with Crippen molar-refractivity contribution < 1.29 is 0 Å². The number of aromatic nitrogens is 2. The van der Waals surface area contributed by atoms with Crippen LogP contribution in [-0.2, 0) is 6.54 Å². The molecule has 0 bridgehead atoms. The molecular formula is C13H18ClN3. The fourth-order valence-corrected chi connectivity index (χ4v) is 2.17. The van der Waals surface area contributed by atoms with Gasteiger partial charge in [-0.1, -0.05) is 25.4 Å². The van der Waals surface area contributed by atoms with Crippen molar-refractivity contribution in [2.75, 3.05) is 5.73 Å². The zero-order valence-corrected chi connectivity index (χ0v) is 11.0. The van der Waals surface area contributed by atoms with Crippen molar-refractivity contribution >= 4 is 28.6 Å². The molecule has 2 aromatic rings. The molecule has 2 rings (SSSR count). The smallest absolute Gasteiger partial charge is 0.201 e. The van der Waals surface area contributed by atoms with Gasteiger partial charge >= 0.3 is 0 Å². The van der Waals surface area contributed by atoms with Gasteiger partial charge in [0.15, 0.2) is 0 Å². The van der Waals surface area contributed by atoms with Crippen LogP contribution in [0.2, 0.25) is 5.02 Å². The number of hydrogen-bond donors (Lipinski definition) is 1. The van der Waals surface area contributed by atoms with E-state index in [1.165, 1.54) is 6.42 Å². The van der Waals surface area contributed by atoms with Crippen molar-refractivity contribution in [1.29, 1.82) is 0 Å². The van der Waals surface area contributed by atoms with Crippen LogP contribution < -0.4 is 5.73 Å². The summed E-state index contributed by atoms with van der Waals surface area (Å²) < 4.78 is 2.05. The highest BCUT2D eigenvalue weighted by Crippen LogP contribution is 2.22. The second-order valence-electron chi connectivity index (χ2n) is 4.79. The van der Waals surface area contributed by atoms with Crippen LogP contribution in [0.3, 0.4) is 0 Å². The molecule has 0 amide bonds. The van der Waals surface area contributed by atoms with Gasteiger partial charge in [0.25, 0.3) is 0 Å². The number of anilines is 1. The van der Waals surface area contributed by atoms with Gasteiger partial charge in [0.2, 0.25) is 5.95 Å². The fourth-order valence-electron chi connectivity index (χ4n) is 2.01. The number of rotatable bonds is 4. The lowest BCUT2D eigenvalue weighted by Gasteiger charge is -2.08. The van der Waals surface area contributed by atoms with Crippen LogP contribution in [0.5, 0.6) is 0 Å². The van der Waals surface area contributed by atoms with Crippen LogP contribution >= 0.6 is 11.6 Å². The summed E-state index contributed by atoms with van der Waals surface area (Å²) in [5.74, 6) is 1.29. The Labute approximate surface area is 107 Å². The number of nitrogens with two attached hydrogens (primary N) is 1. The molecule has 0 spiro atoms. The first-order valence-electron chi connectivity index (χ1n) is 5.99. The summed E-state index contributed by atoms with van der Waals surface area (Å²) in [6.07, 6.45) is 2.31. The number of benzene rings is 1. The van der Waals surface area contributed by atoms with Crippen molar-refractivity contribution in [2.45, 2.75) is 33.2 Å². The molecule has 0 unspecified atom stereocenters. The molecule has 1 aromatic carbocycles. The van der Waals surface area contributed by atoms with Gasteiger partial charge < -0.3 is 10.3 Å². The van der Waals surface area contributed by atoms with Gasteiger partial charge in [0.1, 0.15) is 0 Å². The molecule has 1 aromatic heterocycles. The van der Waals surface area contributed by atoms with Gasteiger partial charge in [-0.15, -0.1) is 0 Å². The van der Waals surface area contributed by atoms with Gasteiger partial charge in [0.05, 0.1) is 11.0 Å². The van der Waals surface area contributed by atoms with Crippen LogP contribution in [0.15, 0.2) is 18.2 Å². The summed E-state index contributed by atoms with van der Waals surface area (Å²) in [7, 11) is 0.